The molecule has 2 N–H and O–H groups in total. The van der Waals surface area contributed by atoms with Crippen LogP contribution in [0.25, 0.3) is 0 Å². The summed E-state index contributed by atoms with van der Waals surface area (Å²) in [4.78, 5) is 19.5. The van der Waals surface area contributed by atoms with Crippen molar-refractivity contribution in [3.05, 3.63) is 95.3 Å². The van der Waals surface area contributed by atoms with E-state index in [1.807, 2.05) is 36.4 Å². The molecule has 0 saturated carbocycles. The van der Waals surface area contributed by atoms with Crippen molar-refractivity contribution in [2.45, 2.75) is 122 Å². The Morgan fingerprint density at radius 3 is 2.15 bits per heavy atom. The third kappa shape index (κ3) is 12.8. The number of nitrogens with one attached hydrogen (secondary N) is 1. The first-order valence-electron chi connectivity index (χ1n) is 18.1. The smallest absolute Gasteiger partial charge is 0.257 e. The fraction of sp³-hybridized carbons (Fsp3) is 0.550. The van der Waals surface area contributed by atoms with Crippen LogP contribution in [0.4, 0.5) is 5.69 Å². The Labute approximate surface area is 283 Å². The van der Waals surface area contributed by atoms with Gasteiger partial charge in [-0.05, 0) is 61.3 Å². The fourth-order valence-corrected chi connectivity index (χ4v) is 6.31. The summed E-state index contributed by atoms with van der Waals surface area (Å²) in [5, 5.41) is 12.6. The van der Waals surface area contributed by atoms with E-state index >= 15 is 0 Å². The number of nitrogens with zero attached hydrogens (tertiary/aromatic N) is 2. The molecule has 7 heteroatoms. The number of aliphatic hydroxyl groups is 1. The van der Waals surface area contributed by atoms with Gasteiger partial charge in [0.05, 0.1) is 24.4 Å². The van der Waals surface area contributed by atoms with E-state index in [-0.39, 0.29) is 24.7 Å². The van der Waals surface area contributed by atoms with Crippen LogP contribution in [-0.4, -0.2) is 46.6 Å². The molecule has 3 atom stereocenters. The maximum absolute atomic E-state index is 12.8. The van der Waals surface area contributed by atoms with Crippen LogP contribution in [0.15, 0.2) is 73.1 Å². The van der Waals surface area contributed by atoms with E-state index in [1.54, 1.807) is 24.5 Å². The standard InChI is InChI=1S/C40H57N3O4/c1-3-5-7-9-11-13-25-43(26-14-12-10-8-6-4-2)30-37-28-38(33-22-20-32(31-44)21-23-33)47-40(46-37)34-17-15-19-36(27-34)42-39(45)35-18-16-24-41-29-35/h15-24,27,29,37-38,40,44H,3-14,25-26,28,30-31H2,1-2H3,(H,42,45)/t37-,38+,40+/m0/s1. The Balaban J connectivity index is 1.47. The summed E-state index contributed by atoms with van der Waals surface area (Å²) in [6.07, 6.45) is 18.7. The van der Waals surface area contributed by atoms with E-state index < -0.39 is 6.29 Å². The van der Waals surface area contributed by atoms with Crippen molar-refractivity contribution in [3.8, 4) is 0 Å². The molecule has 0 unspecified atom stereocenters. The summed E-state index contributed by atoms with van der Waals surface area (Å²) >= 11 is 0. The summed E-state index contributed by atoms with van der Waals surface area (Å²) < 4.78 is 13.4. The number of carbonyl (C=O) groups excluding carboxylic acids is 1. The van der Waals surface area contributed by atoms with Crippen LogP contribution in [-0.2, 0) is 16.1 Å². The number of hydrogen-bond acceptors (Lipinski definition) is 6. The number of pyridine rings is 1. The first-order chi connectivity index (χ1) is 23.1. The van der Waals surface area contributed by atoms with Gasteiger partial charge in [-0.2, -0.15) is 0 Å². The second-order valence-corrected chi connectivity index (χ2v) is 13.0. The largest absolute Gasteiger partial charge is 0.392 e. The molecule has 0 aliphatic carbocycles. The van der Waals surface area contributed by atoms with Crippen LogP contribution in [0, 0.1) is 0 Å². The molecule has 1 aliphatic rings. The number of aromatic nitrogens is 1. The van der Waals surface area contributed by atoms with Gasteiger partial charge in [-0.1, -0.05) is 114 Å². The Morgan fingerprint density at radius 2 is 1.51 bits per heavy atom. The van der Waals surface area contributed by atoms with Crippen molar-refractivity contribution in [1.82, 2.24) is 9.88 Å². The van der Waals surface area contributed by atoms with E-state index in [4.69, 9.17) is 9.47 Å². The van der Waals surface area contributed by atoms with Gasteiger partial charge >= 0.3 is 0 Å². The first-order valence-corrected chi connectivity index (χ1v) is 18.1. The normalized spacial score (nSPS) is 18.0. The fourth-order valence-electron chi connectivity index (χ4n) is 6.31. The molecule has 1 saturated heterocycles. The lowest BCUT2D eigenvalue weighted by Gasteiger charge is -2.38. The van der Waals surface area contributed by atoms with Gasteiger partial charge in [-0.25, -0.2) is 0 Å². The zero-order valence-corrected chi connectivity index (χ0v) is 28.7. The third-order valence-corrected chi connectivity index (χ3v) is 9.07. The Morgan fingerprint density at radius 1 is 0.830 bits per heavy atom. The summed E-state index contributed by atoms with van der Waals surface area (Å²) in [6.45, 7) is 7.62. The maximum atomic E-state index is 12.8. The van der Waals surface area contributed by atoms with E-state index in [2.05, 4.69) is 41.2 Å². The van der Waals surface area contributed by atoms with Crippen molar-refractivity contribution in [2.24, 2.45) is 0 Å². The van der Waals surface area contributed by atoms with E-state index in [0.29, 0.717) is 11.3 Å². The summed E-state index contributed by atoms with van der Waals surface area (Å²) in [5.41, 5.74) is 4.02. The highest BCUT2D eigenvalue weighted by Gasteiger charge is 2.33. The minimum absolute atomic E-state index is 0.00917. The molecule has 0 radical (unpaired) electrons. The molecular formula is C40H57N3O4. The number of hydrogen-bond donors (Lipinski definition) is 2. The van der Waals surface area contributed by atoms with Gasteiger partial charge in [0.15, 0.2) is 6.29 Å². The van der Waals surface area contributed by atoms with Crippen LogP contribution in [0.5, 0.6) is 0 Å². The van der Waals surface area contributed by atoms with E-state index in [1.165, 1.54) is 77.0 Å². The molecule has 2 heterocycles. The number of amides is 1. The molecule has 0 spiro atoms. The van der Waals surface area contributed by atoms with Crippen LogP contribution in [0.3, 0.4) is 0 Å². The molecule has 47 heavy (non-hydrogen) atoms. The number of carbonyl (C=O) groups is 1. The molecule has 3 aromatic rings. The van der Waals surface area contributed by atoms with Gasteiger partial charge < -0.3 is 24.8 Å². The number of rotatable bonds is 21. The second-order valence-electron chi connectivity index (χ2n) is 13.0. The quantitative estimate of drug-likeness (QED) is 0.113. The monoisotopic (exact) mass is 643 g/mol. The summed E-state index contributed by atoms with van der Waals surface area (Å²) in [5.74, 6) is -0.208. The van der Waals surface area contributed by atoms with Crippen LogP contribution in [0.1, 0.15) is 137 Å². The molecule has 4 rings (SSSR count). The highest BCUT2D eigenvalue weighted by Crippen LogP contribution is 2.39. The van der Waals surface area contributed by atoms with Crippen molar-refractivity contribution in [3.63, 3.8) is 0 Å². The topological polar surface area (TPSA) is 83.9 Å². The molecule has 1 aromatic heterocycles. The molecular weight excluding hydrogens is 586 g/mol. The lowest BCUT2D eigenvalue weighted by Crippen LogP contribution is -2.40. The molecule has 7 nitrogen and oxygen atoms in total. The minimum atomic E-state index is -0.573. The molecule has 1 fully saturated rings. The first kappa shape index (κ1) is 36.7. The number of unbranched alkanes of at least 4 members (excludes halogenated alkanes) is 10. The number of benzene rings is 2. The van der Waals surface area contributed by atoms with Crippen LogP contribution in [0.2, 0.25) is 0 Å². The molecule has 1 amide bonds. The molecule has 0 bridgehead atoms. The molecule has 256 valence electrons. The van der Waals surface area contributed by atoms with Gasteiger partial charge in [0.1, 0.15) is 0 Å². The van der Waals surface area contributed by atoms with Crippen LogP contribution >= 0.6 is 0 Å². The third-order valence-electron chi connectivity index (χ3n) is 9.07. The molecule has 2 aromatic carbocycles. The van der Waals surface area contributed by atoms with Gasteiger partial charge in [-0.3, -0.25) is 9.78 Å². The van der Waals surface area contributed by atoms with Crippen molar-refractivity contribution in [2.75, 3.05) is 25.0 Å². The number of aliphatic hydroxyl groups excluding tert-OH is 1. The average Bonchev–Trinajstić information content (AvgIpc) is 3.11. The van der Waals surface area contributed by atoms with Crippen molar-refractivity contribution in [1.29, 1.82) is 0 Å². The average molecular weight is 644 g/mol. The number of anilines is 1. The van der Waals surface area contributed by atoms with E-state index in [9.17, 15) is 9.90 Å². The molecule has 1 aliphatic heterocycles. The zero-order valence-electron chi connectivity index (χ0n) is 28.7. The summed E-state index contributed by atoms with van der Waals surface area (Å²) in [6, 6.07) is 19.3. The highest BCUT2D eigenvalue weighted by molar-refractivity contribution is 6.04. The van der Waals surface area contributed by atoms with Gasteiger partial charge in [0.25, 0.3) is 5.91 Å². The zero-order chi connectivity index (χ0) is 33.1. The van der Waals surface area contributed by atoms with Gasteiger partial charge in [0, 0.05) is 36.6 Å². The lowest BCUT2D eigenvalue weighted by atomic mass is 9.99. The van der Waals surface area contributed by atoms with Crippen molar-refractivity contribution < 1.29 is 19.4 Å². The Bertz CT molecular complexity index is 1270. The van der Waals surface area contributed by atoms with Crippen molar-refractivity contribution >= 4 is 11.6 Å². The Hall–Kier alpha value is -3.10. The summed E-state index contributed by atoms with van der Waals surface area (Å²) in [7, 11) is 0. The van der Waals surface area contributed by atoms with Crippen LogP contribution < -0.4 is 5.32 Å². The highest BCUT2D eigenvalue weighted by atomic mass is 16.7. The van der Waals surface area contributed by atoms with E-state index in [0.717, 1.165) is 42.7 Å². The lowest BCUT2D eigenvalue weighted by molar-refractivity contribution is -0.253. The van der Waals surface area contributed by atoms with Gasteiger partial charge in [0.2, 0.25) is 0 Å². The SMILES string of the molecule is CCCCCCCCN(CCCCCCCC)C[C@@H]1C[C@H](c2ccc(CO)cc2)O[C@H](c2cccc(NC(=O)c3cccnc3)c2)O1. The second kappa shape index (κ2) is 21.0. The Kier molecular flexibility index (Phi) is 16.4. The van der Waals surface area contributed by atoms with Gasteiger partial charge in [-0.15, -0.1) is 0 Å². The number of ether oxygens (including phenoxy) is 2. The maximum Gasteiger partial charge on any atom is 0.257 e. The predicted molar refractivity (Wildman–Crippen MR) is 190 cm³/mol. The minimum Gasteiger partial charge on any atom is -0.392 e. The predicted octanol–water partition coefficient (Wildman–Crippen LogP) is 9.39.